The molecule has 0 saturated carbocycles. The van der Waals surface area contributed by atoms with E-state index in [1.165, 1.54) is 36.0 Å². The van der Waals surface area contributed by atoms with E-state index < -0.39 is 35.2 Å². The number of aliphatic hydroxyl groups excluding tert-OH is 1. The molecule has 1 aromatic carbocycles. The largest absolute Gasteiger partial charge is 0.508 e. The van der Waals surface area contributed by atoms with Crippen molar-refractivity contribution in [3.63, 3.8) is 0 Å². The van der Waals surface area contributed by atoms with E-state index in [1.54, 1.807) is 0 Å². The number of aromatic hydroxyl groups is 1. The highest BCUT2D eigenvalue weighted by Crippen LogP contribution is 2.40. The number of carboxylic acids is 1. The Labute approximate surface area is 164 Å². The summed E-state index contributed by atoms with van der Waals surface area (Å²) in [7, 11) is 0. The molecule has 28 heavy (non-hydrogen) atoms. The molecule has 0 bridgehead atoms. The standard InChI is InChI=1S/C18H19N3O6S/c1-2-8-7-28-17-13(16(25)21(17)14(8)18(26)27)20-15(24)12(19)9-3-4-10(6-22)11(23)5-9/h2-5,12-13,17,22-23H,1,6-7,19H2,(H,20,24)(H,26,27)/t12-,13?,17+/m1/s1. The van der Waals surface area contributed by atoms with E-state index in [0.29, 0.717) is 22.5 Å². The molecule has 148 valence electrons. The number of β-lactam (4-membered cyclic amide) rings is 1. The highest BCUT2D eigenvalue weighted by Gasteiger charge is 2.54. The van der Waals surface area contributed by atoms with Crippen molar-refractivity contribution in [2.45, 2.75) is 24.1 Å². The fraction of sp³-hybridized carbons (Fsp3) is 0.278. The van der Waals surface area contributed by atoms with Crippen molar-refractivity contribution in [3.05, 3.63) is 53.3 Å². The summed E-state index contributed by atoms with van der Waals surface area (Å²) in [5, 5.41) is 30.3. The average Bonchev–Trinajstić information content (AvgIpc) is 2.69. The molecule has 0 radical (unpaired) electrons. The summed E-state index contributed by atoms with van der Waals surface area (Å²) < 4.78 is 0. The summed E-state index contributed by atoms with van der Waals surface area (Å²) in [5.74, 6) is -2.23. The lowest BCUT2D eigenvalue weighted by atomic mass is 10.0. The number of benzene rings is 1. The molecule has 2 aliphatic rings. The molecular weight excluding hydrogens is 386 g/mol. The number of hydrogen-bond acceptors (Lipinski definition) is 7. The van der Waals surface area contributed by atoms with Crippen LogP contribution < -0.4 is 11.1 Å². The highest BCUT2D eigenvalue weighted by molar-refractivity contribution is 8.00. The zero-order chi connectivity index (χ0) is 20.6. The number of thioether (sulfide) groups is 1. The minimum Gasteiger partial charge on any atom is -0.508 e. The molecule has 10 heteroatoms. The van der Waals surface area contributed by atoms with Crippen LogP contribution in [0.5, 0.6) is 5.75 Å². The van der Waals surface area contributed by atoms with Crippen molar-refractivity contribution in [1.29, 1.82) is 0 Å². The van der Waals surface area contributed by atoms with Crippen LogP contribution >= 0.6 is 11.8 Å². The molecule has 2 aliphatic heterocycles. The number of phenols is 1. The molecule has 1 saturated heterocycles. The van der Waals surface area contributed by atoms with Crippen LogP contribution in [-0.4, -0.2) is 55.2 Å². The lowest BCUT2D eigenvalue weighted by Crippen LogP contribution is -2.71. The molecule has 3 rings (SSSR count). The Kier molecular flexibility index (Phi) is 5.45. The summed E-state index contributed by atoms with van der Waals surface area (Å²) in [5.41, 5.74) is 6.86. The Morgan fingerprint density at radius 1 is 1.46 bits per heavy atom. The van der Waals surface area contributed by atoms with Gasteiger partial charge in [-0.15, -0.1) is 11.8 Å². The predicted molar refractivity (Wildman–Crippen MR) is 101 cm³/mol. The van der Waals surface area contributed by atoms with E-state index in [9.17, 15) is 24.6 Å². The number of aliphatic carboxylic acids is 1. The SMILES string of the molecule is C=CC1=C(C(=O)O)N2C(=O)C(NC(=O)[C@H](N)c3ccc(CO)c(O)c3)[C@@H]2SC1. The molecule has 0 aromatic heterocycles. The average molecular weight is 405 g/mol. The van der Waals surface area contributed by atoms with Crippen molar-refractivity contribution >= 4 is 29.5 Å². The fourth-order valence-corrected chi connectivity index (χ4v) is 4.44. The van der Waals surface area contributed by atoms with Gasteiger partial charge in [0, 0.05) is 11.3 Å². The summed E-state index contributed by atoms with van der Waals surface area (Å²) in [4.78, 5) is 37.6. The first-order chi connectivity index (χ1) is 13.3. The summed E-state index contributed by atoms with van der Waals surface area (Å²) >= 11 is 1.32. The molecule has 6 N–H and O–H groups in total. The van der Waals surface area contributed by atoms with E-state index in [1.807, 2.05) is 0 Å². The van der Waals surface area contributed by atoms with Gasteiger partial charge in [-0.05, 0) is 17.2 Å². The van der Waals surface area contributed by atoms with Crippen LogP contribution in [0.2, 0.25) is 0 Å². The third kappa shape index (κ3) is 3.26. The lowest BCUT2D eigenvalue weighted by Gasteiger charge is -2.49. The number of amides is 2. The van der Waals surface area contributed by atoms with Gasteiger partial charge in [0.1, 0.15) is 28.9 Å². The number of hydrogen-bond donors (Lipinski definition) is 5. The van der Waals surface area contributed by atoms with Gasteiger partial charge in [-0.3, -0.25) is 14.5 Å². The number of carboxylic acid groups (broad SMARTS) is 1. The van der Waals surface area contributed by atoms with Gasteiger partial charge >= 0.3 is 5.97 Å². The molecule has 0 aliphatic carbocycles. The molecule has 1 unspecified atom stereocenters. The number of nitrogens with zero attached hydrogens (tertiary/aromatic N) is 1. The highest BCUT2D eigenvalue weighted by atomic mass is 32.2. The number of rotatable bonds is 6. The topological polar surface area (TPSA) is 153 Å². The fourth-order valence-electron chi connectivity index (χ4n) is 3.10. The second-order valence-electron chi connectivity index (χ2n) is 6.30. The first-order valence-electron chi connectivity index (χ1n) is 8.32. The van der Waals surface area contributed by atoms with E-state index in [4.69, 9.17) is 10.8 Å². The van der Waals surface area contributed by atoms with Crippen LogP contribution in [-0.2, 0) is 21.0 Å². The molecule has 1 fully saturated rings. The van der Waals surface area contributed by atoms with Crippen molar-refractivity contribution < 1.29 is 29.7 Å². The maximum Gasteiger partial charge on any atom is 0.352 e. The van der Waals surface area contributed by atoms with Gasteiger partial charge in [-0.2, -0.15) is 0 Å². The van der Waals surface area contributed by atoms with E-state index >= 15 is 0 Å². The Balaban J connectivity index is 1.73. The number of nitrogens with one attached hydrogen (secondary N) is 1. The second-order valence-corrected chi connectivity index (χ2v) is 7.41. The van der Waals surface area contributed by atoms with Crippen molar-refractivity contribution in [2.75, 3.05) is 5.75 Å². The summed E-state index contributed by atoms with van der Waals surface area (Å²) in [6, 6.07) is 2.19. The normalized spacial score (nSPS) is 22.2. The van der Waals surface area contributed by atoms with Gasteiger partial charge in [0.25, 0.3) is 5.91 Å². The molecular formula is C18H19N3O6S. The van der Waals surface area contributed by atoms with Gasteiger partial charge in [0.15, 0.2) is 0 Å². The lowest BCUT2D eigenvalue weighted by molar-refractivity contribution is -0.150. The number of fused-ring (bicyclic) bond motifs is 1. The molecule has 3 atom stereocenters. The summed E-state index contributed by atoms with van der Waals surface area (Å²) in [6.07, 6.45) is 1.41. The first kappa shape index (κ1) is 19.9. The third-order valence-corrected chi connectivity index (χ3v) is 5.97. The van der Waals surface area contributed by atoms with Gasteiger partial charge in [0.2, 0.25) is 5.91 Å². The quantitative estimate of drug-likeness (QED) is 0.408. The Morgan fingerprint density at radius 3 is 2.75 bits per heavy atom. The molecule has 1 aromatic rings. The van der Waals surface area contributed by atoms with Crippen LogP contribution in [0.4, 0.5) is 0 Å². The van der Waals surface area contributed by atoms with Gasteiger partial charge < -0.3 is 26.4 Å². The Morgan fingerprint density at radius 2 is 2.18 bits per heavy atom. The zero-order valence-corrected chi connectivity index (χ0v) is 15.5. The number of aliphatic hydroxyl groups is 1. The van der Waals surface area contributed by atoms with Crippen LogP contribution in [0.25, 0.3) is 0 Å². The van der Waals surface area contributed by atoms with Crippen LogP contribution in [0.1, 0.15) is 17.2 Å². The van der Waals surface area contributed by atoms with E-state index in [0.717, 1.165) is 4.90 Å². The monoisotopic (exact) mass is 405 g/mol. The maximum absolute atomic E-state index is 12.5. The Hall–Kier alpha value is -2.82. The van der Waals surface area contributed by atoms with Crippen molar-refractivity contribution in [3.8, 4) is 5.75 Å². The van der Waals surface area contributed by atoms with E-state index in [-0.39, 0.29) is 18.1 Å². The minimum atomic E-state index is -1.23. The number of carbonyl (C=O) groups excluding carboxylic acids is 2. The smallest absolute Gasteiger partial charge is 0.352 e. The number of allylic oxidation sites excluding steroid dienone is 1. The van der Waals surface area contributed by atoms with Gasteiger partial charge in [0.05, 0.1) is 6.61 Å². The van der Waals surface area contributed by atoms with Crippen LogP contribution in [0.15, 0.2) is 42.1 Å². The number of carbonyl (C=O) groups is 3. The van der Waals surface area contributed by atoms with Crippen LogP contribution in [0.3, 0.4) is 0 Å². The second kappa shape index (κ2) is 7.66. The number of nitrogens with two attached hydrogens (primary N) is 1. The third-order valence-electron chi connectivity index (χ3n) is 4.67. The molecule has 2 heterocycles. The first-order valence-corrected chi connectivity index (χ1v) is 9.37. The van der Waals surface area contributed by atoms with Crippen LogP contribution in [0, 0.1) is 0 Å². The van der Waals surface area contributed by atoms with Crippen molar-refractivity contribution in [2.24, 2.45) is 5.73 Å². The molecule has 0 spiro atoms. The van der Waals surface area contributed by atoms with E-state index in [2.05, 4.69) is 11.9 Å². The van der Waals surface area contributed by atoms with Crippen molar-refractivity contribution in [1.82, 2.24) is 10.2 Å². The predicted octanol–water partition coefficient (Wildman–Crippen LogP) is -0.191. The van der Waals surface area contributed by atoms with Gasteiger partial charge in [-0.25, -0.2) is 4.79 Å². The minimum absolute atomic E-state index is 0.122. The molecule has 2 amide bonds. The van der Waals surface area contributed by atoms with Gasteiger partial charge in [-0.1, -0.05) is 24.8 Å². The summed E-state index contributed by atoms with van der Waals surface area (Å²) in [6.45, 7) is 3.22. The molecule has 9 nitrogen and oxygen atoms in total. The Bertz CT molecular complexity index is 899. The maximum atomic E-state index is 12.5. The zero-order valence-electron chi connectivity index (χ0n) is 14.7.